The van der Waals surface area contributed by atoms with Crippen LogP contribution >= 0.6 is 0 Å². The molecule has 0 radical (unpaired) electrons. The van der Waals surface area contributed by atoms with Crippen LogP contribution in [0.25, 0.3) is 0 Å². The molecule has 2 aromatic rings. The third kappa shape index (κ3) is 4.11. The van der Waals surface area contributed by atoms with Crippen molar-refractivity contribution in [1.29, 1.82) is 0 Å². The first kappa shape index (κ1) is 17.7. The molecule has 2 N–H and O–H groups in total. The summed E-state index contributed by atoms with van der Waals surface area (Å²) in [5, 5.41) is 5.67. The van der Waals surface area contributed by atoms with Crippen molar-refractivity contribution in [2.24, 2.45) is 11.8 Å². The number of nitrogens with one attached hydrogen (secondary N) is 2. The molecule has 26 heavy (non-hydrogen) atoms. The number of aromatic nitrogens is 1. The molecule has 0 bridgehead atoms. The van der Waals surface area contributed by atoms with Crippen LogP contribution in [0.3, 0.4) is 0 Å². The van der Waals surface area contributed by atoms with Gasteiger partial charge in [-0.2, -0.15) is 0 Å². The summed E-state index contributed by atoms with van der Waals surface area (Å²) in [5.74, 6) is 0.250. The number of nitrogens with zero attached hydrogens (tertiary/aromatic N) is 1. The van der Waals surface area contributed by atoms with E-state index in [1.54, 1.807) is 37.7 Å². The molecule has 7 nitrogen and oxygen atoms in total. The zero-order valence-electron chi connectivity index (χ0n) is 14.7. The third-order valence-electron chi connectivity index (χ3n) is 4.30. The van der Waals surface area contributed by atoms with Crippen LogP contribution in [0.1, 0.15) is 12.0 Å². The van der Waals surface area contributed by atoms with Gasteiger partial charge in [-0.1, -0.05) is 6.07 Å². The fourth-order valence-electron chi connectivity index (χ4n) is 2.75. The summed E-state index contributed by atoms with van der Waals surface area (Å²) in [6, 6.07) is 8.86. The van der Waals surface area contributed by atoms with Crippen LogP contribution in [0.15, 0.2) is 42.7 Å². The number of hydrogen-bond donors (Lipinski definition) is 2. The molecule has 2 atom stereocenters. The molecule has 1 heterocycles. The van der Waals surface area contributed by atoms with Crippen LogP contribution in [0.5, 0.6) is 11.5 Å². The van der Waals surface area contributed by atoms with Gasteiger partial charge in [-0.3, -0.25) is 14.6 Å². The molecule has 0 spiro atoms. The van der Waals surface area contributed by atoms with Gasteiger partial charge in [-0.05, 0) is 30.2 Å². The van der Waals surface area contributed by atoms with Crippen LogP contribution in [0.2, 0.25) is 0 Å². The zero-order chi connectivity index (χ0) is 18.5. The molecule has 1 aromatic carbocycles. The van der Waals surface area contributed by atoms with Crippen LogP contribution in [-0.4, -0.2) is 31.0 Å². The first-order valence-corrected chi connectivity index (χ1v) is 8.32. The maximum atomic E-state index is 12.3. The Morgan fingerprint density at radius 2 is 1.88 bits per heavy atom. The van der Waals surface area contributed by atoms with Gasteiger partial charge in [0.1, 0.15) is 0 Å². The lowest BCUT2D eigenvalue weighted by Crippen LogP contribution is -2.27. The SMILES string of the molecule is COc1ccc(NC(=O)C2CC2C(=O)NCc2cccnc2)cc1OC. The predicted molar refractivity (Wildman–Crippen MR) is 95.9 cm³/mol. The van der Waals surface area contributed by atoms with Crippen molar-refractivity contribution < 1.29 is 19.1 Å². The van der Waals surface area contributed by atoms with E-state index in [0.717, 1.165) is 5.56 Å². The lowest BCUT2D eigenvalue weighted by atomic mass is 10.2. The summed E-state index contributed by atoms with van der Waals surface area (Å²) < 4.78 is 10.4. The van der Waals surface area contributed by atoms with E-state index in [0.29, 0.717) is 30.2 Å². The van der Waals surface area contributed by atoms with Gasteiger partial charge in [0.25, 0.3) is 0 Å². The van der Waals surface area contributed by atoms with Gasteiger partial charge in [0.05, 0.1) is 26.1 Å². The fraction of sp³-hybridized carbons (Fsp3) is 0.316. The molecule has 1 aromatic heterocycles. The van der Waals surface area contributed by atoms with Gasteiger partial charge in [0, 0.05) is 30.7 Å². The summed E-state index contributed by atoms with van der Waals surface area (Å²) in [6.45, 7) is 0.410. The number of ether oxygens (including phenoxy) is 2. The van der Waals surface area contributed by atoms with Gasteiger partial charge >= 0.3 is 0 Å². The molecule has 7 heteroatoms. The van der Waals surface area contributed by atoms with Crippen molar-refractivity contribution in [3.63, 3.8) is 0 Å². The first-order chi connectivity index (χ1) is 12.6. The van der Waals surface area contributed by atoms with Gasteiger partial charge in [0.15, 0.2) is 11.5 Å². The Labute approximate surface area is 151 Å². The Kier molecular flexibility index (Phi) is 5.36. The zero-order valence-corrected chi connectivity index (χ0v) is 14.7. The van der Waals surface area contributed by atoms with Crippen molar-refractivity contribution in [3.8, 4) is 11.5 Å². The van der Waals surface area contributed by atoms with Crippen molar-refractivity contribution >= 4 is 17.5 Å². The molecule has 2 unspecified atom stereocenters. The monoisotopic (exact) mass is 355 g/mol. The molecule has 3 rings (SSSR count). The van der Waals surface area contributed by atoms with Crippen molar-refractivity contribution in [3.05, 3.63) is 48.3 Å². The standard InChI is InChI=1S/C19H21N3O4/c1-25-16-6-5-13(8-17(16)26-2)22-19(24)15-9-14(15)18(23)21-11-12-4-3-7-20-10-12/h3-8,10,14-15H,9,11H2,1-2H3,(H,21,23)(H,22,24). The van der Waals surface area contributed by atoms with E-state index in [1.807, 2.05) is 12.1 Å². The second-order valence-corrected chi connectivity index (χ2v) is 6.09. The van der Waals surface area contributed by atoms with E-state index >= 15 is 0 Å². The number of benzene rings is 1. The number of rotatable bonds is 7. The Balaban J connectivity index is 1.51. The number of pyridine rings is 1. The van der Waals surface area contributed by atoms with E-state index in [2.05, 4.69) is 15.6 Å². The second kappa shape index (κ2) is 7.86. The van der Waals surface area contributed by atoms with Gasteiger partial charge in [-0.15, -0.1) is 0 Å². The number of carbonyl (C=O) groups is 2. The maximum absolute atomic E-state index is 12.3. The quantitative estimate of drug-likeness (QED) is 0.793. The predicted octanol–water partition coefficient (Wildman–Crippen LogP) is 1.99. The minimum atomic E-state index is -0.308. The van der Waals surface area contributed by atoms with Crippen LogP contribution in [0.4, 0.5) is 5.69 Å². The first-order valence-electron chi connectivity index (χ1n) is 8.32. The minimum Gasteiger partial charge on any atom is -0.493 e. The van der Waals surface area contributed by atoms with Gasteiger partial charge < -0.3 is 20.1 Å². The smallest absolute Gasteiger partial charge is 0.228 e. The molecular weight excluding hydrogens is 334 g/mol. The van der Waals surface area contributed by atoms with E-state index in [-0.39, 0.29) is 23.7 Å². The molecule has 1 aliphatic rings. The van der Waals surface area contributed by atoms with Crippen molar-refractivity contribution in [1.82, 2.24) is 10.3 Å². The summed E-state index contributed by atoms with van der Waals surface area (Å²) in [6.07, 6.45) is 3.94. The Hall–Kier alpha value is -3.09. The second-order valence-electron chi connectivity index (χ2n) is 6.09. The molecule has 0 aliphatic heterocycles. The average Bonchev–Trinajstić information content (AvgIpc) is 3.48. The maximum Gasteiger partial charge on any atom is 0.228 e. The minimum absolute atomic E-state index is 0.110. The molecule has 0 saturated heterocycles. The van der Waals surface area contributed by atoms with E-state index in [1.165, 1.54) is 7.11 Å². The topological polar surface area (TPSA) is 89.5 Å². The Morgan fingerprint density at radius 1 is 1.12 bits per heavy atom. The molecule has 1 aliphatic carbocycles. The highest BCUT2D eigenvalue weighted by Gasteiger charge is 2.47. The number of amides is 2. The third-order valence-corrected chi connectivity index (χ3v) is 4.30. The molecule has 136 valence electrons. The van der Waals surface area contributed by atoms with E-state index < -0.39 is 0 Å². The van der Waals surface area contributed by atoms with E-state index in [9.17, 15) is 9.59 Å². The number of methoxy groups -OCH3 is 2. The molecular formula is C19H21N3O4. The highest BCUT2D eigenvalue weighted by molar-refractivity contribution is 5.99. The summed E-state index contributed by atoms with van der Waals surface area (Å²) in [7, 11) is 3.09. The van der Waals surface area contributed by atoms with Crippen LogP contribution in [-0.2, 0) is 16.1 Å². The summed E-state index contributed by atoms with van der Waals surface area (Å²) in [5.41, 5.74) is 1.53. The molecule has 2 amide bonds. The average molecular weight is 355 g/mol. The lowest BCUT2D eigenvalue weighted by molar-refractivity contribution is -0.125. The van der Waals surface area contributed by atoms with Crippen molar-refractivity contribution in [2.45, 2.75) is 13.0 Å². The Bertz CT molecular complexity index is 795. The summed E-state index contributed by atoms with van der Waals surface area (Å²) in [4.78, 5) is 28.5. The molecule has 1 saturated carbocycles. The number of carbonyl (C=O) groups excluding carboxylic acids is 2. The largest absolute Gasteiger partial charge is 0.493 e. The fourth-order valence-corrected chi connectivity index (χ4v) is 2.75. The normalized spacial score (nSPS) is 17.9. The van der Waals surface area contributed by atoms with Gasteiger partial charge in [-0.25, -0.2) is 0 Å². The number of hydrogen-bond acceptors (Lipinski definition) is 5. The van der Waals surface area contributed by atoms with E-state index in [4.69, 9.17) is 9.47 Å². The van der Waals surface area contributed by atoms with Crippen LogP contribution in [0, 0.1) is 11.8 Å². The highest BCUT2D eigenvalue weighted by atomic mass is 16.5. The number of anilines is 1. The van der Waals surface area contributed by atoms with Crippen LogP contribution < -0.4 is 20.1 Å². The molecule has 1 fully saturated rings. The van der Waals surface area contributed by atoms with Crippen molar-refractivity contribution in [2.75, 3.05) is 19.5 Å². The Morgan fingerprint density at radius 3 is 2.58 bits per heavy atom. The van der Waals surface area contributed by atoms with Gasteiger partial charge in [0.2, 0.25) is 11.8 Å². The highest BCUT2D eigenvalue weighted by Crippen LogP contribution is 2.40. The summed E-state index contributed by atoms with van der Waals surface area (Å²) >= 11 is 0. The lowest BCUT2D eigenvalue weighted by Gasteiger charge is -2.10.